The van der Waals surface area contributed by atoms with Crippen molar-refractivity contribution in [1.29, 1.82) is 0 Å². The molecule has 4 heteroatoms. The Morgan fingerprint density at radius 1 is 0.958 bits per heavy atom. The van der Waals surface area contributed by atoms with Crippen molar-refractivity contribution in [3.63, 3.8) is 0 Å². The van der Waals surface area contributed by atoms with Gasteiger partial charge in [0.1, 0.15) is 0 Å². The molecule has 0 aromatic heterocycles. The molecular weight excluding hydrogens is 300 g/mol. The van der Waals surface area contributed by atoms with Crippen LogP contribution in [0.2, 0.25) is 0 Å². The summed E-state index contributed by atoms with van der Waals surface area (Å²) in [5.74, 6) is 0.162. The van der Waals surface area contributed by atoms with Gasteiger partial charge in [-0.3, -0.25) is 9.59 Å². The summed E-state index contributed by atoms with van der Waals surface area (Å²) < 4.78 is 0. The summed E-state index contributed by atoms with van der Waals surface area (Å²) in [6.07, 6.45) is 0.930. The van der Waals surface area contributed by atoms with Crippen LogP contribution in [-0.2, 0) is 0 Å². The summed E-state index contributed by atoms with van der Waals surface area (Å²) >= 11 is 0. The maximum Gasteiger partial charge on any atom is 0.255 e. The quantitative estimate of drug-likeness (QED) is 0.843. The lowest BCUT2D eigenvalue weighted by molar-refractivity contribution is 0.0952. The lowest BCUT2D eigenvalue weighted by Crippen LogP contribution is -2.25. The molecule has 2 aromatic carbocycles. The third-order valence-corrected chi connectivity index (χ3v) is 3.67. The second-order valence-electron chi connectivity index (χ2n) is 6.34. The topological polar surface area (TPSA) is 58.2 Å². The molecule has 0 saturated heterocycles. The number of amides is 2. The maximum absolute atomic E-state index is 12.4. The zero-order valence-electron chi connectivity index (χ0n) is 14.4. The Labute approximate surface area is 143 Å². The number of hydrogen-bond donors (Lipinski definition) is 2. The highest BCUT2D eigenvalue weighted by atomic mass is 16.2. The normalized spacial score (nSPS) is 10.5. The average molecular weight is 324 g/mol. The van der Waals surface area contributed by atoms with E-state index in [0.29, 0.717) is 23.6 Å². The molecule has 126 valence electrons. The van der Waals surface area contributed by atoms with Gasteiger partial charge in [0.05, 0.1) is 0 Å². The third kappa shape index (κ3) is 5.23. The highest BCUT2D eigenvalue weighted by Crippen LogP contribution is 2.13. The Balaban J connectivity index is 2.03. The van der Waals surface area contributed by atoms with Gasteiger partial charge in [0.15, 0.2) is 0 Å². The molecule has 24 heavy (non-hydrogen) atoms. The number of hydrogen-bond acceptors (Lipinski definition) is 2. The number of aryl methyl sites for hydroxylation is 1. The summed E-state index contributed by atoms with van der Waals surface area (Å²) in [6, 6.07) is 14.4. The molecule has 0 saturated carbocycles. The van der Waals surface area contributed by atoms with Gasteiger partial charge in [0.2, 0.25) is 0 Å². The van der Waals surface area contributed by atoms with Crippen molar-refractivity contribution in [3.8, 4) is 0 Å². The van der Waals surface area contributed by atoms with E-state index >= 15 is 0 Å². The van der Waals surface area contributed by atoms with Crippen molar-refractivity contribution >= 4 is 17.5 Å². The largest absolute Gasteiger partial charge is 0.352 e. The first-order valence-electron chi connectivity index (χ1n) is 8.22. The molecule has 0 spiro atoms. The zero-order valence-corrected chi connectivity index (χ0v) is 14.4. The van der Waals surface area contributed by atoms with Crippen LogP contribution in [0.15, 0.2) is 48.5 Å². The highest BCUT2D eigenvalue weighted by Gasteiger charge is 2.11. The van der Waals surface area contributed by atoms with Gasteiger partial charge in [-0.2, -0.15) is 0 Å². The van der Waals surface area contributed by atoms with E-state index in [1.165, 1.54) is 0 Å². The first-order chi connectivity index (χ1) is 11.5. The van der Waals surface area contributed by atoms with Crippen molar-refractivity contribution in [2.45, 2.75) is 27.2 Å². The predicted molar refractivity (Wildman–Crippen MR) is 97.4 cm³/mol. The third-order valence-electron chi connectivity index (χ3n) is 3.67. The van der Waals surface area contributed by atoms with Gasteiger partial charge >= 0.3 is 0 Å². The van der Waals surface area contributed by atoms with Crippen molar-refractivity contribution in [3.05, 3.63) is 65.2 Å². The molecule has 2 aromatic rings. The molecule has 0 aliphatic rings. The molecule has 0 radical (unpaired) electrons. The molecule has 0 aliphatic carbocycles. The molecule has 0 unspecified atom stereocenters. The summed E-state index contributed by atoms with van der Waals surface area (Å²) in [5, 5.41) is 5.74. The van der Waals surface area contributed by atoms with Gasteiger partial charge in [-0.05, 0) is 55.2 Å². The van der Waals surface area contributed by atoms with Gasteiger partial charge in [0.25, 0.3) is 11.8 Å². The van der Waals surface area contributed by atoms with E-state index < -0.39 is 0 Å². The van der Waals surface area contributed by atoms with Crippen molar-refractivity contribution in [2.24, 2.45) is 5.92 Å². The molecule has 2 rings (SSSR count). The molecular formula is C20H24N2O2. The van der Waals surface area contributed by atoms with E-state index in [0.717, 1.165) is 17.7 Å². The van der Waals surface area contributed by atoms with E-state index in [1.807, 2.05) is 31.2 Å². The van der Waals surface area contributed by atoms with Crippen molar-refractivity contribution in [1.82, 2.24) is 5.32 Å². The molecule has 0 aliphatic heterocycles. The SMILES string of the molecule is Cc1cccc(NC(=O)c2cccc(C(=O)NCCC(C)C)c2)c1. The molecule has 0 atom stereocenters. The van der Waals surface area contributed by atoms with Crippen LogP contribution in [0.5, 0.6) is 0 Å². The summed E-state index contributed by atoms with van der Waals surface area (Å²) in [7, 11) is 0. The number of carbonyl (C=O) groups is 2. The van der Waals surface area contributed by atoms with Crippen LogP contribution in [0.1, 0.15) is 46.5 Å². The Morgan fingerprint density at radius 2 is 1.62 bits per heavy atom. The fraction of sp³-hybridized carbons (Fsp3) is 0.300. The molecule has 0 heterocycles. The van der Waals surface area contributed by atoms with Gasteiger partial charge in [-0.1, -0.05) is 32.0 Å². The van der Waals surface area contributed by atoms with Gasteiger partial charge in [0, 0.05) is 23.4 Å². The van der Waals surface area contributed by atoms with Gasteiger partial charge < -0.3 is 10.6 Å². The molecule has 0 bridgehead atoms. The fourth-order valence-corrected chi connectivity index (χ4v) is 2.30. The highest BCUT2D eigenvalue weighted by molar-refractivity contribution is 6.06. The Hall–Kier alpha value is -2.62. The van der Waals surface area contributed by atoms with Crippen LogP contribution < -0.4 is 10.6 Å². The van der Waals surface area contributed by atoms with E-state index in [-0.39, 0.29) is 11.8 Å². The summed E-state index contributed by atoms with van der Waals surface area (Å²) in [5.41, 5.74) is 2.78. The van der Waals surface area contributed by atoms with Gasteiger partial charge in [-0.25, -0.2) is 0 Å². The van der Waals surface area contributed by atoms with Crippen LogP contribution in [-0.4, -0.2) is 18.4 Å². The smallest absolute Gasteiger partial charge is 0.255 e. The minimum absolute atomic E-state index is 0.152. The molecule has 4 nitrogen and oxygen atoms in total. The van der Waals surface area contributed by atoms with Crippen LogP contribution in [0, 0.1) is 12.8 Å². The van der Waals surface area contributed by atoms with E-state index in [2.05, 4.69) is 24.5 Å². The Morgan fingerprint density at radius 3 is 2.29 bits per heavy atom. The minimum atomic E-state index is -0.225. The number of rotatable bonds is 6. The number of nitrogens with one attached hydrogen (secondary N) is 2. The second kappa shape index (κ2) is 8.29. The number of benzene rings is 2. The van der Waals surface area contributed by atoms with Crippen molar-refractivity contribution in [2.75, 3.05) is 11.9 Å². The zero-order chi connectivity index (χ0) is 17.5. The monoisotopic (exact) mass is 324 g/mol. The standard InChI is InChI=1S/C20H24N2O2/c1-14(2)10-11-21-19(23)16-7-5-8-17(13-16)20(24)22-18-9-4-6-15(3)12-18/h4-9,12-14H,10-11H2,1-3H3,(H,21,23)(H,22,24). The molecule has 2 N–H and O–H groups in total. The van der Waals surface area contributed by atoms with E-state index in [4.69, 9.17) is 0 Å². The second-order valence-corrected chi connectivity index (χ2v) is 6.34. The fourth-order valence-electron chi connectivity index (χ4n) is 2.30. The summed E-state index contributed by atoms with van der Waals surface area (Å²) in [4.78, 5) is 24.5. The van der Waals surface area contributed by atoms with Crippen LogP contribution in [0.4, 0.5) is 5.69 Å². The van der Waals surface area contributed by atoms with Crippen LogP contribution in [0.25, 0.3) is 0 Å². The predicted octanol–water partition coefficient (Wildman–Crippen LogP) is 4.02. The Bertz CT molecular complexity index is 723. The molecule has 0 fully saturated rings. The maximum atomic E-state index is 12.4. The minimum Gasteiger partial charge on any atom is -0.352 e. The van der Waals surface area contributed by atoms with E-state index in [9.17, 15) is 9.59 Å². The number of carbonyl (C=O) groups excluding carboxylic acids is 2. The lowest BCUT2D eigenvalue weighted by atomic mass is 10.1. The van der Waals surface area contributed by atoms with Crippen LogP contribution in [0.3, 0.4) is 0 Å². The summed E-state index contributed by atoms with van der Waals surface area (Å²) in [6.45, 7) is 6.83. The first kappa shape index (κ1) is 17.7. The van der Waals surface area contributed by atoms with Gasteiger partial charge in [-0.15, -0.1) is 0 Å². The number of anilines is 1. The van der Waals surface area contributed by atoms with Crippen LogP contribution >= 0.6 is 0 Å². The Kier molecular flexibility index (Phi) is 6.13. The first-order valence-corrected chi connectivity index (χ1v) is 8.22. The average Bonchev–Trinajstić information content (AvgIpc) is 2.54. The lowest BCUT2D eigenvalue weighted by Gasteiger charge is -2.09. The van der Waals surface area contributed by atoms with Crippen molar-refractivity contribution < 1.29 is 9.59 Å². The van der Waals surface area contributed by atoms with E-state index in [1.54, 1.807) is 24.3 Å². The molecule has 2 amide bonds.